The Hall–Kier alpha value is -3.60. The maximum Gasteiger partial charge on any atom is 0.255 e. The van der Waals surface area contributed by atoms with Gasteiger partial charge in [-0.2, -0.15) is 0 Å². The van der Waals surface area contributed by atoms with Crippen molar-refractivity contribution in [3.8, 4) is 0 Å². The molecule has 0 saturated heterocycles. The van der Waals surface area contributed by atoms with Crippen molar-refractivity contribution in [2.24, 2.45) is 0 Å². The van der Waals surface area contributed by atoms with Crippen LogP contribution in [0.4, 0.5) is 17.1 Å². The fourth-order valence-electron chi connectivity index (χ4n) is 3.12. The lowest BCUT2D eigenvalue weighted by Crippen LogP contribution is -2.35. The van der Waals surface area contributed by atoms with E-state index in [4.69, 9.17) is 0 Å². The van der Waals surface area contributed by atoms with Crippen LogP contribution in [0.15, 0.2) is 78.9 Å². The number of nitrogens with one attached hydrogen (secondary N) is 2. The third kappa shape index (κ3) is 5.02. The molecule has 0 aliphatic heterocycles. The van der Waals surface area contributed by atoms with Gasteiger partial charge in [0.15, 0.2) is 0 Å². The summed E-state index contributed by atoms with van der Waals surface area (Å²) >= 11 is 0. The molecule has 3 aromatic carbocycles. The molecule has 0 saturated carbocycles. The molecule has 0 aliphatic rings. The van der Waals surface area contributed by atoms with Gasteiger partial charge in [-0.05, 0) is 55.8 Å². The van der Waals surface area contributed by atoms with Crippen LogP contribution in [0, 0.1) is 6.92 Å². The minimum absolute atomic E-state index is 0.0168. The quantitative estimate of drug-likeness (QED) is 0.617. The van der Waals surface area contributed by atoms with Crippen molar-refractivity contribution in [3.05, 3.63) is 90.0 Å². The molecule has 0 unspecified atom stereocenters. The first-order valence-electron chi connectivity index (χ1n) is 9.65. The Balaban J connectivity index is 1.68. The van der Waals surface area contributed by atoms with Crippen molar-refractivity contribution >= 4 is 28.9 Å². The summed E-state index contributed by atoms with van der Waals surface area (Å²) in [7, 11) is 0. The van der Waals surface area contributed by atoms with Gasteiger partial charge in [0.05, 0.1) is 6.54 Å². The Bertz CT molecular complexity index is 972. The number of nitrogens with zero attached hydrogens (tertiary/aromatic N) is 1. The lowest BCUT2D eigenvalue weighted by atomic mass is 10.1. The lowest BCUT2D eigenvalue weighted by molar-refractivity contribution is -0.116. The van der Waals surface area contributed by atoms with Crippen LogP contribution < -0.4 is 15.5 Å². The van der Waals surface area contributed by atoms with Gasteiger partial charge in [0.25, 0.3) is 5.91 Å². The van der Waals surface area contributed by atoms with Crippen molar-refractivity contribution in [2.45, 2.75) is 13.8 Å². The second kappa shape index (κ2) is 9.55. The average molecular weight is 387 g/mol. The number of rotatable bonds is 7. The molecule has 29 heavy (non-hydrogen) atoms. The van der Waals surface area contributed by atoms with Gasteiger partial charge in [-0.3, -0.25) is 9.59 Å². The monoisotopic (exact) mass is 387 g/mol. The minimum Gasteiger partial charge on any atom is -0.376 e. The third-order valence-electron chi connectivity index (χ3n) is 4.73. The van der Waals surface area contributed by atoms with Gasteiger partial charge >= 0.3 is 0 Å². The van der Waals surface area contributed by atoms with Crippen LogP contribution in [0.25, 0.3) is 0 Å². The Morgan fingerprint density at radius 3 is 2.10 bits per heavy atom. The number of hydrogen-bond donors (Lipinski definition) is 2. The van der Waals surface area contributed by atoms with Crippen molar-refractivity contribution < 1.29 is 9.59 Å². The molecule has 3 rings (SSSR count). The summed E-state index contributed by atoms with van der Waals surface area (Å²) in [5, 5.41) is 6.15. The number of anilines is 3. The highest BCUT2D eigenvalue weighted by molar-refractivity contribution is 6.05. The minimum atomic E-state index is -0.164. The second-order valence-corrected chi connectivity index (χ2v) is 6.63. The van der Waals surface area contributed by atoms with E-state index in [2.05, 4.69) is 10.6 Å². The molecule has 0 bridgehead atoms. The van der Waals surface area contributed by atoms with Crippen LogP contribution in [0.1, 0.15) is 22.8 Å². The predicted molar refractivity (Wildman–Crippen MR) is 119 cm³/mol. The highest BCUT2D eigenvalue weighted by atomic mass is 16.2. The van der Waals surface area contributed by atoms with Crippen LogP contribution in [0.5, 0.6) is 0 Å². The summed E-state index contributed by atoms with van der Waals surface area (Å²) in [5.41, 5.74) is 3.89. The summed E-state index contributed by atoms with van der Waals surface area (Å²) in [6.07, 6.45) is 0. The fraction of sp³-hybridized carbons (Fsp3) is 0.167. The fourth-order valence-corrected chi connectivity index (χ4v) is 3.12. The topological polar surface area (TPSA) is 61.4 Å². The largest absolute Gasteiger partial charge is 0.376 e. The van der Waals surface area contributed by atoms with Crippen molar-refractivity contribution in [2.75, 3.05) is 28.6 Å². The number of benzene rings is 3. The molecule has 5 nitrogen and oxygen atoms in total. The van der Waals surface area contributed by atoms with Crippen molar-refractivity contribution in [3.63, 3.8) is 0 Å². The number of carbonyl (C=O) groups is 2. The zero-order valence-corrected chi connectivity index (χ0v) is 16.7. The molecular weight excluding hydrogens is 362 g/mol. The Kier molecular flexibility index (Phi) is 6.63. The van der Waals surface area contributed by atoms with Crippen LogP contribution in [-0.2, 0) is 4.79 Å². The number of hydrogen-bond acceptors (Lipinski definition) is 3. The summed E-state index contributed by atoms with van der Waals surface area (Å²) in [6, 6.07) is 24.3. The van der Waals surface area contributed by atoms with Crippen LogP contribution in [0.3, 0.4) is 0 Å². The number of amides is 2. The van der Waals surface area contributed by atoms with E-state index in [1.54, 1.807) is 17.0 Å². The van der Waals surface area contributed by atoms with Gasteiger partial charge in [0.1, 0.15) is 0 Å². The molecule has 0 heterocycles. The maximum atomic E-state index is 12.7. The molecule has 0 radical (unpaired) electrons. The standard InChI is InChI=1S/C24H25N3O2/c1-3-27(20-13-8-5-9-14-20)23(28)17-25-21-15-10-16-22(18(21)2)26-24(29)19-11-6-4-7-12-19/h4-16,25H,3,17H2,1-2H3,(H,26,29). The third-order valence-corrected chi connectivity index (χ3v) is 4.73. The molecule has 3 aromatic rings. The van der Waals surface area contributed by atoms with E-state index < -0.39 is 0 Å². The highest BCUT2D eigenvalue weighted by Crippen LogP contribution is 2.24. The maximum absolute atomic E-state index is 12.7. The Morgan fingerprint density at radius 1 is 0.828 bits per heavy atom. The van der Waals surface area contributed by atoms with E-state index in [0.29, 0.717) is 17.8 Å². The normalized spacial score (nSPS) is 10.3. The molecule has 0 aromatic heterocycles. The first-order valence-corrected chi connectivity index (χ1v) is 9.65. The first kappa shape index (κ1) is 20.1. The van der Waals surface area contributed by atoms with Gasteiger partial charge in [-0.1, -0.05) is 42.5 Å². The zero-order chi connectivity index (χ0) is 20.6. The van der Waals surface area contributed by atoms with E-state index >= 15 is 0 Å². The zero-order valence-electron chi connectivity index (χ0n) is 16.7. The van der Waals surface area contributed by atoms with E-state index in [-0.39, 0.29) is 18.4 Å². The molecular formula is C24H25N3O2. The molecule has 5 heteroatoms. The first-order chi connectivity index (χ1) is 14.1. The Labute approximate surface area is 171 Å². The van der Waals surface area contributed by atoms with E-state index in [0.717, 1.165) is 16.9 Å². The molecule has 148 valence electrons. The number of carbonyl (C=O) groups excluding carboxylic acids is 2. The van der Waals surface area contributed by atoms with Crippen LogP contribution >= 0.6 is 0 Å². The van der Waals surface area contributed by atoms with Gasteiger partial charge in [-0.15, -0.1) is 0 Å². The average Bonchev–Trinajstić information content (AvgIpc) is 2.76. The predicted octanol–water partition coefficient (Wildman–Crippen LogP) is 4.71. The highest BCUT2D eigenvalue weighted by Gasteiger charge is 2.14. The van der Waals surface area contributed by atoms with Gasteiger partial charge in [0.2, 0.25) is 5.91 Å². The summed E-state index contributed by atoms with van der Waals surface area (Å²) in [6.45, 7) is 4.63. The van der Waals surface area contributed by atoms with Crippen LogP contribution in [-0.4, -0.2) is 24.9 Å². The lowest BCUT2D eigenvalue weighted by Gasteiger charge is -2.22. The number of para-hydroxylation sites is 1. The molecule has 2 N–H and O–H groups in total. The summed E-state index contributed by atoms with van der Waals surface area (Å²) < 4.78 is 0. The SMILES string of the molecule is CCN(C(=O)CNc1cccc(NC(=O)c2ccccc2)c1C)c1ccccc1. The smallest absolute Gasteiger partial charge is 0.255 e. The molecule has 2 amide bonds. The van der Waals surface area contributed by atoms with E-state index in [1.165, 1.54) is 0 Å². The van der Waals surface area contributed by atoms with Crippen LogP contribution in [0.2, 0.25) is 0 Å². The Morgan fingerprint density at radius 2 is 1.45 bits per heavy atom. The molecule has 0 atom stereocenters. The molecule has 0 aliphatic carbocycles. The molecule has 0 fully saturated rings. The summed E-state index contributed by atoms with van der Waals surface area (Å²) in [4.78, 5) is 26.9. The van der Waals surface area contributed by atoms with Gasteiger partial charge in [0, 0.05) is 29.2 Å². The van der Waals surface area contributed by atoms with E-state index in [1.807, 2.05) is 80.6 Å². The second-order valence-electron chi connectivity index (χ2n) is 6.63. The molecule has 0 spiro atoms. The van der Waals surface area contributed by atoms with Crippen molar-refractivity contribution in [1.82, 2.24) is 0 Å². The summed E-state index contributed by atoms with van der Waals surface area (Å²) in [5.74, 6) is -0.181. The van der Waals surface area contributed by atoms with Gasteiger partial charge < -0.3 is 15.5 Å². The van der Waals surface area contributed by atoms with Gasteiger partial charge in [-0.25, -0.2) is 0 Å². The van der Waals surface area contributed by atoms with E-state index in [9.17, 15) is 9.59 Å². The van der Waals surface area contributed by atoms with Crippen molar-refractivity contribution in [1.29, 1.82) is 0 Å². The number of likely N-dealkylation sites (N-methyl/N-ethyl adjacent to an activating group) is 1.